The molecule has 0 bridgehead atoms. The summed E-state index contributed by atoms with van der Waals surface area (Å²) in [6.07, 6.45) is 3.44. The Balaban J connectivity index is 1.52. The van der Waals surface area contributed by atoms with E-state index in [9.17, 15) is 14.0 Å². The summed E-state index contributed by atoms with van der Waals surface area (Å²) in [6.45, 7) is 4.25. The lowest BCUT2D eigenvalue weighted by atomic mass is 10.0. The van der Waals surface area contributed by atoms with Crippen LogP contribution >= 0.6 is 0 Å². The van der Waals surface area contributed by atoms with Gasteiger partial charge in [0.25, 0.3) is 0 Å². The summed E-state index contributed by atoms with van der Waals surface area (Å²) >= 11 is 0. The summed E-state index contributed by atoms with van der Waals surface area (Å²) in [4.78, 5) is 31.4. The zero-order chi connectivity index (χ0) is 20.8. The molecule has 0 radical (unpaired) electrons. The van der Waals surface area contributed by atoms with E-state index in [-0.39, 0.29) is 23.7 Å². The maximum absolute atomic E-state index is 14.3. The number of amides is 2. The van der Waals surface area contributed by atoms with Gasteiger partial charge in [-0.15, -0.1) is 0 Å². The highest BCUT2D eigenvalue weighted by Gasteiger charge is 2.26. The SMILES string of the molecule is CN=C(NCCN1C(=O)CCCC1=O)NC1CCCN(c2cc(C)ccc2F)C1. The Morgan fingerprint density at radius 1 is 1.24 bits per heavy atom. The topological polar surface area (TPSA) is 77.0 Å². The summed E-state index contributed by atoms with van der Waals surface area (Å²) in [5, 5.41) is 6.57. The van der Waals surface area contributed by atoms with Crippen molar-refractivity contribution in [1.29, 1.82) is 0 Å². The smallest absolute Gasteiger partial charge is 0.229 e. The molecule has 3 rings (SSSR count). The molecule has 0 aromatic heterocycles. The number of aliphatic imine (C=N–C) groups is 1. The number of aryl methyl sites for hydroxylation is 1. The Labute approximate surface area is 171 Å². The standard InChI is InChI=1S/C21H30FN5O2/c1-15-8-9-17(22)18(13-15)26-11-4-5-16(14-26)25-21(23-2)24-10-12-27-19(28)6-3-7-20(27)29/h8-9,13,16H,3-7,10-12,14H2,1-2H3,(H2,23,24,25). The fraction of sp³-hybridized carbons (Fsp3) is 0.571. The number of carbonyl (C=O) groups is 2. The van der Waals surface area contributed by atoms with E-state index in [1.807, 2.05) is 13.0 Å². The third-order valence-electron chi connectivity index (χ3n) is 5.44. The van der Waals surface area contributed by atoms with Crippen molar-refractivity contribution < 1.29 is 14.0 Å². The molecule has 2 heterocycles. The summed E-state index contributed by atoms with van der Waals surface area (Å²) in [5.41, 5.74) is 1.68. The van der Waals surface area contributed by atoms with Crippen LogP contribution in [0.3, 0.4) is 0 Å². The number of hydrogen-bond donors (Lipinski definition) is 2. The number of carbonyl (C=O) groups excluding carboxylic acids is 2. The van der Waals surface area contributed by atoms with Gasteiger partial charge in [-0.1, -0.05) is 6.07 Å². The van der Waals surface area contributed by atoms with Gasteiger partial charge in [-0.2, -0.15) is 0 Å². The van der Waals surface area contributed by atoms with Gasteiger partial charge in [-0.3, -0.25) is 19.5 Å². The number of likely N-dealkylation sites (tertiary alicyclic amines) is 1. The van der Waals surface area contributed by atoms with Gasteiger partial charge in [0.1, 0.15) is 5.82 Å². The lowest BCUT2D eigenvalue weighted by molar-refractivity contribution is -0.147. The second-order valence-corrected chi connectivity index (χ2v) is 7.68. The van der Waals surface area contributed by atoms with Crippen LogP contribution in [-0.2, 0) is 9.59 Å². The Morgan fingerprint density at radius 3 is 2.72 bits per heavy atom. The fourth-order valence-electron chi connectivity index (χ4n) is 3.90. The van der Waals surface area contributed by atoms with Gasteiger partial charge in [0.2, 0.25) is 11.8 Å². The number of hydrogen-bond acceptors (Lipinski definition) is 4. The second-order valence-electron chi connectivity index (χ2n) is 7.68. The zero-order valence-corrected chi connectivity index (χ0v) is 17.2. The molecule has 2 saturated heterocycles. The molecule has 1 unspecified atom stereocenters. The van der Waals surface area contributed by atoms with Gasteiger partial charge >= 0.3 is 0 Å². The van der Waals surface area contributed by atoms with Crippen LogP contribution in [0, 0.1) is 12.7 Å². The lowest BCUT2D eigenvalue weighted by Gasteiger charge is -2.35. The molecule has 1 aromatic rings. The van der Waals surface area contributed by atoms with Gasteiger partial charge in [-0.05, 0) is 43.9 Å². The summed E-state index contributed by atoms with van der Waals surface area (Å²) in [5.74, 6) is 0.219. The summed E-state index contributed by atoms with van der Waals surface area (Å²) < 4.78 is 14.3. The molecule has 158 valence electrons. The highest BCUT2D eigenvalue weighted by atomic mass is 19.1. The molecule has 1 aromatic carbocycles. The number of nitrogens with zero attached hydrogens (tertiary/aromatic N) is 3. The largest absolute Gasteiger partial charge is 0.367 e. The molecule has 0 saturated carbocycles. The molecule has 7 nitrogen and oxygen atoms in total. The van der Waals surface area contributed by atoms with Crippen LogP contribution in [-0.4, -0.2) is 61.9 Å². The van der Waals surface area contributed by atoms with Crippen molar-refractivity contribution in [2.75, 3.05) is 38.1 Å². The molecule has 0 spiro atoms. The molecule has 2 fully saturated rings. The third kappa shape index (κ3) is 5.46. The predicted octanol–water partition coefficient (Wildman–Crippen LogP) is 1.81. The third-order valence-corrected chi connectivity index (χ3v) is 5.44. The molecule has 1 atom stereocenters. The Bertz CT molecular complexity index is 766. The van der Waals surface area contributed by atoms with E-state index in [0.29, 0.717) is 50.5 Å². The minimum atomic E-state index is -0.199. The lowest BCUT2D eigenvalue weighted by Crippen LogP contribution is -2.52. The number of anilines is 1. The van der Waals surface area contributed by atoms with Gasteiger partial charge in [0.15, 0.2) is 5.96 Å². The Kier molecular flexibility index (Phi) is 7.06. The van der Waals surface area contributed by atoms with Gasteiger partial charge in [0, 0.05) is 52.1 Å². The van der Waals surface area contributed by atoms with Crippen LogP contribution in [0.5, 0.6) is 0 Å². The number of halogens is 1. The van der Waals surface area contributed by atoms with E-state index in [0.717, 1.165) is 24.9 Å². The molecular weight excluding hydrogens is 373 g/mol. The first-order valence-corrected chi connectivity index (χ1v) is 10.3. The van der Waals surface area contributed by atoms with Crippen LogP contribution in [0.25, 0.3) is 0 Å². The number of nitrogens with one attached hydrogen (secondary N) is 2. The molecule has 2 amide bonds. The summed E-state index contributed by atoms with van der Waals surface area (Å²) in [6, 6.07) is 5.32. The van der Waals surface area contributed by atoms with Crippen LogP contribution in [0.15, 0.2) is 23.2 Å². The van der Waals surface area contributed by atoms with Gasteiger partial charge in [-0.25, -0.2) is 4.39 Å². The highest BCUT2D eigenvalue weighted by molar-refractivity contribution is 5.97. The predicted molar refractivity (Wildman–Crippen MR) is 111 cm³/mol. The first-order valence-electron chi connectivity index (χ1n) is 10.3. The minimum absolute atomic E-state index is 0.103. The van der Waals surface area contributed by atoms with E-state index in [4.69, 9.17) is 0 Å². The fourth-order valence-corrected chi connectivity index (χ4v) is 3.90. The van der Waals surface area contributed by atoms with Crippen molar-refractivity contribution in [3.8, 4) is 0 Å². The monoisotopic (exact) mass is 403 g/mol. The van der Waals surface area contributed by atoms with Crippen molar-refractivity contribution in [1.82, 2.24) is 15.5 Å². The normalized spacial score (nSPS) is 20.8. The molecule has 2 aliphatic heterocycles. The molecule has 8 heteroatoms. The maximum Gasteiger partial charge on any atom is 0.229 e. The van der Waals surface area contributed by atoms with Crippen LogP contribution in [0.1, 0.15) is 37.7 Å². The number of piperidine rings is 2. The van der Waals surface area contributed by atoms with Crippen LogP contribution in [0.4, 0.5) is 10.1 Å². The summed E-state index contributed by atoms with van der Waals surface area (Å²) in [7, 11) is 1.69. The number of imide groups is 1. The molecule has 2 N–H and O–H groups in total. The minimum Gasteiger partial charge on any atom is -0.367 e. The Hall–Kier alpha value is -2.64. The zero-order valence-electron chi connectivity index (χ0n) is 17.2. The molecule has 0 aliphatic carbocycles. The van der Waals surface area contributed by atoms with Gasteiger partial charge in [0.05, 0.1) is 5.69 Å². The number of rotatable bonds is 5. The second kappa shape index (κ2) is 9.71. The van der Waals surface area contributed by atoms with E-state index in [1.54, 1.807) is 13.1 Å². The van der Waals surface area contributed by atoms with Crippen LogP contribution < -0.4 is 15.5 Å². The van der Waals surface area contributed by atoms with E-state index in [2.05, 4.69) is 20.5 Å². The van der Waals surface area contributed by atoms with Crippen molar-refractivity contribution in [3.05, 3.63) is 29.6 Å². The number of benzene rings is 1. The first-order chi connectivity index (χ1) is 14.0. The van der Waals surface area contributed by atoms with E-state index >= 15 is 0 Å². The van der Waals surface area contributed by atoms with Crippen molar-refractivity contribution in [2.24, 2.45) is 4.99 Å². The quantitative estimate of drug-likeness (QED) is 0.445. The highest BCUT2D eigenvalue weighted by Crippen LogP contribution is 2.24. The van der Waals surface area contributed by atoms with Crippen LogP contribution in [0.2, 0.25) is 0 Å². The number of guanidine groups is 1. The average molecular weight is 404 g/mol. The van der Waals surface area contributed by atoms with E-state index in [1.165, 1.54) is 11.0 Å². The molecular formula is C21H30FN5O2. The molecule has 29 heavy (non-hydrogen) atoms. The molecule has 2 aliphatic rings. The average Bonchev–Trinajstić information content (AvgIpc) is 2.71. The van der Waals surface area contributed by atoms with Crippen molar-refractivity contribution in [3.63, 3.8) is 0 Å². The Morgan fingerprint density at radius 2 is 2.00 bits per heavy atom. The first kappa shape index (κ1) is 21.1. The maximum atomic E-state index is 14.3. The van der Waals surface area contributed by atoms with Crippen molar-refractivity contribution in [2.45, 2.75) is 45.1 Å². The van der Waals surface area contributed by atoms with Gasteiger partial charge < -0.3 is 15.5 Å². The van der Waals surface area contributed by atoms with Crippen molar-refractivity contribution >= 4 is 23.5 Å². The van der Waals surface area contributed by atoms with E-state index < -0.39 is 0 Å².